The van der Waals surface area contributed by atoms with E-state index < -0.39 is 0 Å². The fourth-order valence-electron chi connectivity index (χ4n) is 4.85. The summed E-state index contributed by atoms with van der Waals surface area (Å²) in [6.45, 7) is 2.68. The van der Waals surface area contributed by atoms with Gasteiger partial charge in [0.05, 0.1) is 12.3 Å². The van der Waals surface area contributed by atoms with Crippen molar-refractivity contribution in [3.05, 3.63) is 71.2 Å². The monoisotopic (exact) mass is 374 g/mol. The standard InChI is InChI=1S/C24H26N2O2/c27-24(20-12-11-18-10-9-17-6-4-7-19(20)23(17)18)25-16-21(22-8-5-15-28-22)26-13-2-1-3-14-26/h4-8,11-12,15,21H,1-3,9-10,13-14,16H2,(H,25,27). The quantitative estimate of drug-likeness (QED) is 0.716. The molecule has 0 spiro atoms. The fourth-order valence-corrected chi connectivity index (χ4v) is 4.85. The van der Waals surface area contributed by atoms with Gasteiger partial charge in [0.15, 0.2) is 0 Å². The van der Waals surface area contributed by atoms with E-state index in [4.69, 9.17) is 4.42 Å². The molecule has 1 N–H and O–H groups in total. The van der Waals surface area contributed by atoms with Crippen LogP contribution in [0.15, 0.2) is 53.1 Å². The van der Waals surface area contributed by atoms with Gasteiger partial charge in [0, 0.05) is 12.1 Å². The number of furan rings is 1. The van der Waals surface area contributed by atoms with Crippen molar-refractivity contribution in [1.29, 1.82) is 0 Å². The first-order valence-corrected chi connectivity index (χ1v) is 10.4. The molecule has 2 heterocycles. The zero-order valence-corrected chi connectivity index (χ0v) is 16.1. The van der Waals surface area contributed by atoms with Gasteiger partial charge < -0.3 is 9.73 Å². The first-order chi connectivity index (χ1) is 13.8. The number of rotatable bonds is 5. The van der Waals surface area contributed by atoms with Gasteiger partial charge in [-0.1, -0.05) is 30.7 Å². The summed E-state index contributed by atoms with van der Waals surface area (Å²) in [5.41, 5.74) is 3.51. The Labute approximate surface area is 165 Å². The van der Waals surface area contributed by atoms with Crippen LogP contribution in [0.1, 0.15) is 52.5 Å². The van der Waals surface area contributed by atoms with Crippen LogP contribution in [0.4, 0.5) is 0 Å². The molecule has 4 nitrogen and oxygen atoms in total. The summed E-state index contributed by atoms with van der Waals surface area (Å²) in [5, 5.41) is 5.56. The predicted octanol–water partition coefficient (Wildman–Crippen LogP) is 4.49. The Morgan fingerprint density at radius 2 is 1.82 bits per heavy atom. The third-order valence-electron chi connectivity index (χ3n) is 6.28. The van der Waals surface area contributed by atoms with Crippen LogP contribution in [0.3, 0.4) is 0 Å². The summed E-state index contributed by atoms with van der Waals surface area (Å²) in [6, 6.07) is 14.5. The van der Waals surface area contributed by atoms with Crippen LogP contribution in [-0.2, 0) is 12.8 Å². The minimum atomic E-state index is 0.00386. The number of piperidine rings is 1. The third kappa shape index (κ3) is 3.12. The molecule has 1 saturated heterocycles. The number of carbonyl (C=O) groups is 1. The summed E-state index contributed by atoms with van der Waals surface area (Å²) in [4.78, 5) is 15.5. The summed E-state index contributed by atoms with van der Waals surface area (Å²) in [5.74, 6) is 0.937. The zero-order valence-electron chi connectivity index (χ0n) is 16.1. The van der Waals surface area contributed by atoms with Crippen molar-refractivity contribution in [3.8, 4) is 0 Å². The molecule has 0 radical (unpaired) electrons. The Kier molecular flexibility index (Phi) is 4.65. The molecule has 1 aliphatic carbocycles. The Balaban J connectivity index is 1.38. The summed E-state index contributed by atoms with van der Waals surface area (Å²) < 4.78 is 5.70. The van der Waals surface area contributed by atoms with Crippen LogP contribution in [0.2, 0.25) is 0 Å². The molecule has 1 aromatic heterocycles. The van der Waals surface area contributed by atoms with E-state index in [0.29, 0.717) is 6.54 Å². The van der Waals surface area contributed by atoms with E-state index >= 15 is 0 Å². The molecule has 1 aliphatic heterocycles. The van der Waals surface area contributed by atoms with Gasteiger partial charge in [-0.15, -0.1) is 0 Å². The lowest BCUT2D eigenvalue weighted by atomic mass is 9.99. The molecule has 0 bridgehead atoms. The smallest absolute Gasteiger partial charge is 0.251 e. The van der Waals surface area contributed by atoms with Crippen molar-refractivity contribution < 1.29 is 9.21 Å². The number of nitrogens with one attached hydrogen (secondary N) is 1. The van der Waals surface area contributed by atoms with Gasteiger partial charge in [-0.3, -0.25) is 9.69 Å². The topological polar surface area (TPSA) is 45.5 Å². The maximum absolute atomic E-state index is 13.1. The minimum Gasteiger partial charge on any atom is -0.468 e. The highest BCUT2D eigenvalue weighted by atomic mass is 16.3. The van der Waals surface area contributed by atoms with Crippen LogP contribution in [0.5, 0.6) is 0 Å². The lowest BCUT2D eigenvalue weighted by Gasteiger charge is -2.33. The summed E-state index contributed by atoms with van der Waals surface area (Å²) >= 11 is 0. The maximum Gasteiger partial charge on any atom is 0.251 e. The average molecular weight is 374 g/mol. The third-order valence-corrected chi connectivity index (χ3v) is 6.28. The van der Waals surface area contributed by atoms with E-state index in [1.54, 1.807) is 6.26 Å². The van der Waals surface area contributed by atoms with Gasteiger partial charge in [-0.2, -0.15) is 0 Å². The fraction of sp³-hybridized carbons (Fsp3) is 0.375. The first kappa shape index (κ1) is 17.5. The molecular formula is C24H26N2O2. The van der Waals surface area contributed by atoms with Crippen LogP contribution < -0.4 is 5.32 Å². The molecule has 3 aromatic rings. The van der Waals surface area contributed by atoms with Crippen molar-refractivity contribution >= 4 is 16.7 Å². The van der Waals surface area contributed by atoms with Crippen LogP contribution >= 0.6 is 0 Å². The normalized spacial score (nSPS) is 17.7. The predicted molar refractivity (Wildman–Crippen MR) is 111 cm³/mol. The lowest BCUT2D eigenvalue weighted by molar-refractivity contribution is 0.0915. The molecular weight excluding hydrogens is 348 g/mol. The van der Waals surface area contributed by atoms with Gasteiger partial charge >= 0.3 is 0 Å². The SMILES string of the molecule is O=C(NCC(c1ccco1)N1CCCCC1)c1ccc2c3c(cccc13)CC2. The number of aryl methyl sites for hydroxylation is 2. The van der Waals surface area contributed by atoms with Crippen molar-refractivity contribution in [2.45, 2.75) is 38.1 Å². The largest absolute Gasteiger partial charge is 0.468 e. The minimum absolute atomic E-state index is 0.00386. The maximum atomic E-state index is 13.1. The number of amides is 1. The number of hydrogen-bond acceptors (Lipinski definition) is 3. The Hall–Kier alpha value is -2.59. The highest BCUT2D eigenvalue weighted by molar-refractivity contribution is 6.09. The number of likely N-dealkylation sites (tertiary alicyclic amines) is 1. The van der Waals surface area contributed by atoms with E-state index in [1.165, 1.54) is 35.8 Å². The molecule has 1 amide bonds. The van der Waals surface area contributed by atoms with E-state index in [0.717, 1.165) is 42.6 Å². The van der Waals surface area contributed by atoms with Gasteiger partial charge in [0.1, 0.15) is 5.76 Å². The molecule has 144 valence electrons. The number of benzene rings is 2. The second kappa shape index (κ2) is 7.44. The Morgan fingerprint density at radius 1 is 1.00 bits per heavy atom. The average Bonchev–Trinajstić information content (AvgIpc) is 3.41. The van der Waals surface area contributed by atoms with Gasteiger partial charge in [0.2, 0.25) is 0 Å². The molecule has 5 rings (SSSR count). The van der Waals surface area contributed by atoms with E-state index in [9.17, 15) is 4.79 Å². The molecule has 1 atom stereocenters. The second-order valence-electron chi connectivity index (χ2n) is 7.95. The van der Waals surface area contributed by atoms with Gasteiger partial charge in [-0.05, 0) is 78.9 Å². The molecule has 1 fully saturated rings. The highest BCUT2D eigenvalue weighted by Gasteiger charge is 2.26. The van der Waals surface area contributed by atoms with E-state index in [-0.39, 0.29) is 11.9 Å². The van der Waals surface area contributed by atoms with Gasteiger partial charge in [0.25, 0.3) is 5.91 Å². The second-order valence-corrected chi connectivity index (χ2v) is 7.95. The first-order valence-electron chi connectivity index (χ1n) is 10.4. The molecule has 1 unspecified atom stereocenters. The zero-order chi connectivity index (χ0) is 18.9. The number of nitrogens with zero attached hydrogens (tertiary/aromatic N) is 1. The van der Waals surface area contributed by atoms with Gasteiger partial charge in [-0.25, -0.2) is 0 Å². The summed E-state index contributed by atoms with van der Waals surface area (Å²) in [7, 11) is 0. The number of carbonyl (C=O) groups excluding carboxylic acids is 1. The Morgan fingerprint density at radius 3 is 2.61 bits per heavy atom. The van der Waals surface area contributed by atoms with Crippen LogP contribution in [-0.4, -0.2) is 30.4 Å². The Bertz CT molecular complexity index is 977. The van der Waals surface area contributed by atoms with Crippen molar-refractivity contribution in [2.75, 3.05) is 19.6 Å². The highest BCUT2D eigenvalue weighted by Crippen LogP contribution is 2.33. The molecule has 4 heteroatoms. The van der Waals surface area contributed by atoms with Crippen LogP contribution in [0.25, 0.3) is 10.8 Å². The van der Waals surface area contributed by atoms with Crippen molar-refractivity contribution in [2.24, 2.45) is 0 Å². The van der Waals surface area contributed by atoms with E-state index in [1.807, 2.05) is 18.2 Å². The van der Waals surface area contributed by atoms with E-state index in [2.05, 4.69) is 34.5 Å². The molecule has 2 aromatic carbocycles. The molecule has 0 saturated carbocycles. The van der Waals surface area contributed by atoms with Crippen molar-refractivity contribution in [1.82, 2.24) is 10.2 Å². The number of hydrogen-bond donors (Lipinski definition) is 1. The van der Waals surface area contributed by atoms with Crippen LogP contribution in [0, 0.1) is 0 Å². The molecule has 2 aliphatic rings. The van der Waals surface area contributed by atoms with Crippen molar-refractivity contribution in [3.63, 3.8) is 0 Å². The lowest BCUT2D eigenvalue weighted by Crippen LogP contribution is -2.40. The molecule has 28 heavy (non-hydrogen) atoms. The summed E-state index contributed by atoms with van der Waals surface area (Å²) in [6.07, 6.45) is 7.58.